The van der Waals surface area contributed by atoms with Gasteiger partial charge in [-0.1, -0.05) is 47.6 Å². The van der Waals surface area contributed by atoms with Gasteiger partial charge in [-0.05, 0) is 18.6 Å². The molecular formula is C23H22N4O4. The van der Waals surface area contributed by atoms with E-state index >= 15 is 0 Å². The highest BCUT2D eigenvalue weighted by molar-refractivity contribution is 5.78. The molecular weight excluding hydrogens is 396 g/mol. The maximum absolute atomic E-state index is 12.6. The minimum atomic E-state index is -0.597. The third-order valence-electron chi connectivity index (χ3n) is 5.15. The first-order valence-corrected chi connectivity index (χ1v) is 10.00. The van der Waals surface area contributed by atoms with E-state index in [-0.39, 0.29) is 12.5 Å². The number of aromatic amines is 1. The van der Waals surface area contributed by atoms with Crippen LogP contribution in [0.4, 0.5) is 0 Å². The lowest BCUT2D eigenvalue weighted by Gasteiger charge is -2.17. The van der Waals surface area contributed by atoms with Crippen LogP contribution in [0.15, 0.2) is 74.8 Å². The van der Waals surface area contributed by atoms with Crippen molar-refractivity contribution >= 4 is 16.8 Å². The third kappa shape index (κ3) is 4.48. The van der Waals surface area contributed by atoms with Gasteiger partial charge in [0.2, 0.25) is 5.91 Å². The number of carbonyl (C=O) groups excluding carboxylic acids is 1. The number of benzene rings is 2. The Balaban J connectivity index is 1.36. The summed E-state index contributed by atoms with van der Waals surface area (Å²) in [6.07, 6.45) is 1.28. The van der Waals surface area contributed by atoms with Crippen molar-refractivity contribution in [3.63, 3.8) is 0 Å². The molecule has 1 N–H and O–H groups in total. The number of fused-ring (bicyclic) bond motifs is 1. The number of hydrogen-bond acceptors (Lipinski definition) is 5. The van der Waals surface area contributed by atoms with Crippen LogP contribution in [0.3, 0.4) is 0 Å². The topological polar surface area (TPSA) is 101 Å². The van der Waals surface area contributed by atoms with Crippen molar-refractivity contribution in [1.82, 2.24) is 19.6 Å². The standard InChI is InChI=1S/C23H22N4O4/c1-26(13-7-10-17-14-20(25-31-17)16-8-3-2-4-9-16)21(28)15-27-22(29)18-11-5-6-12-19(18)24-23(27)30/h2-6,8-9,11-12,14H,7,10,13,15H2,1H3,(H,24,30). The van der Waals surface area contributed by atoms with Gasteiger partial charge in [0.1, 0.15) is 18.0 Å². The zero-order chi connectivity index (χ0) is 21.8. The number of hydrogen-bond donors (Lipinski definition) is 1. The van der Waals surface area contributed by atoms with Crippen LogP contribution in [0.2, 0.25) is 0 Å². The summed E-state index contributed by atoms with van der Waals surface area (Å²) in [5.74, 6) is 0.423. The van der Waals surface area contributed by atoms with E-state index in [0.29, 0.717) is 30.3 Å². The molecule has 0 fully saturated rings. The highest BCUT2D eigenvalue weighted by Crippen LogP contribution is 2.19. The van der Waals surface area contributed by atoms with E-state index < -0.39 is 11.2 Å². The predicted octanol–water partition coefficient (Wildman–Crippen LogP) is 2.44. The number of nitrogens with one attached hydrogen (secondary N) is 1. The molecule has 0 atom stereocenters. The third-order valence-corrected chi connectivity index (χ3v) is 5.15. The summed E-state index contributed by atoms with van der Waals surface area (Å²) < 4.78 is 6.32. The molecule has 8 nitrogen and oxygen atoms in total. The fourth-order valence-electron chi connectivity index (χ4n) is 3.39. The Kier molecular flexibility index (Phi) is 5.79. The number of amides is 1. The molecule has 1 amide bonds. The molecule has 4 rings (SSSR count). The number of likely N-dealkylation sites (N-methyl/N-ethyl adjacent to an activating group) is 1. The Morgan fingerprint density at radius 1 is 1.10 bits per heavy atom. The Morgan fingerprint density at radius 2 is 1.84 bits per heavy atom. The van der Waals surface area contributed by atoms with Crippen LogP contribution < -0.4 is 11.2 Å². The zero-order valence-electron chi connectivity index (χ0n) is 17.1. The van der Waals surface area contributed by atoms with Crippen LogP contribution in [0.1, 0.15) is 12.2 Å². The van der Waals surface area contributed by atoms with E-state index in [0.717, 1.165) is 21.6 Å². The van der Waals surface area contributed by atoms with Gasteiger partial charge in [0.25, 0.3) is 5.56 Å². The fourth-order valence-corrected chi connectivity index (χ4v) is 3.39. The molecule has 0 aliphatic heterocycles. The summed E-state index contributed by atoms with van der Waals surface area (Å²) in [6.45, 7) is 0.149. The van der Waals surface area contributed by atoms with Crippen molar-refractivity contribution in [2.24, 2.45) is 0 Å². The largest absolute Gasteiger partial charge is 0.361 e. The van der Waals surface area contributed by atoms with Crippen LogP contribution in [-0.2, 0) is 17.8 Å². The number of aromatic nitrogens is 3. The molecule has 0 unspecified atom stereocenters. The second-order valence-electron chi connectivity index (χ2n) is 7.33. The SMILES string of the molecule is CN(CCCc1cc(-c2ccccc2)no1)C(=O)Cn1c(=O)[nH]c2ccccc2c1=O. The van der Waals surface area contributed by atoms with Gasteiger partial charge in [0.15, 0.2) is 0 Å². The van der Waals surface area contributed by atoms with E-state index in [1.54, 1.807) is 31.3 Å². The first-order valence-electron chi connectivity index (χ1n) is 10.00. The second-order valence-corrected chi connectivity index (χ2v) is 7.33. The van der Waals surface area contributed by atoms with Crippen molar-refractivity contribution in [2.45, 2.75) is 19.4 Å². The molecule has 158 valence electrons. The van der Waals surface area contributed by atoms with Crippen molar-refractivity contribution in [1.29, 1.82) is 0 Å². The molecule has 0 aliphatic rings. The van der Waals surface area contributed by atoms with Gasteiger partial charge in [-0.15, -0.1) is 0 Å². The molecule has 0 bridgehead atoms. The second kappa shape index (κ2) is 8.83. The summed E-state index contributed by atoms with van der Waals surface area (Å²) in [5, 5.41) is 4.46. The molecule has 0 radical (unpaired) electrons. The molecule has 0 saturated carbocycles. The monoisotopic (exact) mass is 418 g/mol. The minimum absolute atomic E-state index is 0.310. The Hall–Kier alpha value is -3.94. The zero-order valence-corrected chi connectivity index (χ0v) is 17.1. The fraction of sp³-hybridized carbons (Fsp3) is 0.217. The first-order chi connectivity index (χ1) is 15.0. The van der Waals surface area contributed by atoms with E-state index in [4.69, 9.17) is 4.52 Å². The van der Waals surface area contributed by atoms with Gasteiger partial charge < -0.3 is 14.4 Å². The molecule has 31 heavy (non-hydrogen) atoms. The molecule has 4 aromatic rings. The number of para-hydroxylation sites is 1. The molecule has 0 aliphatic carbocycles. The molecule has 2 aromatic heterocycles. The van der Waals surface area contributed by atoms with E-state index in [1.807, 2.05) is 36.4 Å². The van der Waals surface area contributed by atoms with Gasteiger partial charge >= 0.3 is 5.69 Å². The lowest BCUT2D eigenvalue weighted by molar-refractivity contribution is -0.130. The molecule has 0 spiro atoms. The summed E-state index contributed by atoms with van der Waals surface area (Å²) in [5.41, 5.74) is 1.14. The number of nitrogens with zero attached hydrogens (tertiary/aromatic N) is 3. The van der Waals surface area contributed by atoms with Crippen molar-refractivity contribution in [3.05, 3.63) is 87.3 Å². The van der Waals surface area contributed by atoms with Gasteiger partial charge in [-0.2, -0.15) is 0 Å². The number of carbonyl (C=O) groups is 1. The summed E-state index contributed by atoms with van der Waals surface area (Å²) >= 11 is 0. The van der Waals surface area contributed by atoms with Gasteiger partial charge in [0.05, 0.1) is 10.9 Å². The highest BCUT2D eigenvalue weighted by atomic mass is 16.5. The van der Waals surface area contributed by atoms with Crippen LogP contribution in [0, 0.1) is 0 Å². The van der Waals surface area contributed by atoms with Crippen LogP contribution in [-0.4, -0.2) is 39.1 Å². The van der Waals surface area contributed by atoms with Crippen molar-refractivity contribution < 1.29 is 9.32 Å². The normalized spacial score (nSPS) is 11.0. The highest BCUT2D eigenvalue weighted by Gasteiger charge is 2.15. The van der Waals surface area contributed by atoms with Crippen molar-refractivity contribution in [2.75, 3.05) is 13.6 Å². The quantitative estimate of drug-likeness (QED) is 0.497. The van der Waals surface area contributed by atoms with Crippen LogP contribution in [0.5, 0.6) is 0 Å². The lowest BCUT2D eigenvalue weighted by Crippen LogP contribution is -2.41. The molecule has 2 heterocycles. The smallest absolute Gasteiger partial charge is 0.329 e. The Labute approximate surface area is 177 Å². The predicted molar refractivity (Wildman–Crippen MR) is 117 cm³/mol. The number of aryl methyl sites for hydroxylation is 1. The summed E-state index contributed by atoms with van der Waals surface area (Å²) in [6, 6.07) is 18.4. The number of rotatable bonds is 7. The molecule has 0 saturated heterocycles. The first kappa shape index (κ1) is 20.3. The maximum atomic E-state index is 12.6. The maximum Gasteiger partial charge on any atom is 0.329 e. The molecule has 8 heteroatoms. The van der Waals surface area contributed by atoms with E-state index in [2.05, 4.69) is 10.1 Å². The summed E-state index contributed by atoms with van der Waals surface area (Å²) in [4.78, 5) is 41.5. The van der Waals surface area contributed by atoms with Gasteiger partial charge in [-0.3, -0.25) is 14.2 Å². The van der Waals surface area contributed by atoms with Gasteiger partial charge in [-0.25, -0.2) is 4.79 Å². The Morgan fingerprint density at radius 3 is 2.65 bits per heavy atom. The van der Waals surface area contributed by atoms with Crippen LogP contribution in [0.25, 0.3) is 22.2 Å². The minimum Gasteiger partial charge on any atom is -0.361 e. The van der Waals surface area contributed by atoms with E-state index in [1.165, 1.54) is 4.90 Å². The van der Waals surface area contributed by atoms with Crippen molar-refractivity contribution in [3.8, 4) is 11.3 Å². The van der Waals surface area contributed by atoms with Crippen LogP contribution >= 0.6 is 0 Å². The average Bonchev–Trinajstić information content (AvgIpc) is 3.26. The number of H-pyrrole nitrogens is 1. The molecule has 2 aromatic carbocycles. The lowest BCUT2D eigenvalue weighted by atomic mass is 10.1. The van der Waals surface area contributed by atoms with Gasteiger partial charge in [0, 0.05) is 31.6 Å². The Bertz CT molecular complexity index is 1320. The van der Waals surface area contributed by atoms with E-state index in [9.17, 15) is 14.4 Å². The average molecular weight is 418 g/mol. The summed E-state index contributed by atoms with van der Waals surface area (Å²) in [7, 11) is 1.65.